The SMILES string of the molecule is C/C(=N\NC(=O)c1ccc(C)c([N+](=O)[O-])c1)c1ccccc1O. The Morgan fingerprint density at radius 3 is 2.61 bits per heavy atom. The molecule has 0 fully saturated rings. The first-order valence-corrected chi connectivity index (χ1v) is 6.78. The minimum absolute atomic E-state index is 0.0500. The Kier molecular flexibility index (Phi) is 4.70. The fourth-order valence-corrected chi connectivity index (χ4v) is 1.99. The van der Waals surface area contributed by atoms with E-state index in [0.717, 1.165) is 0 Å². The van der Waals surface area contributed by atoms with Gasteiger partial charge in [-0.1, -0.05) is 18.2 Å². The molecule has 0 spiro atoms. The van der Waals surface area contributed by atoms with Crippen LogP contribution in [0.2, 0.25) is 0 Å². The monoisotopic (exact) mass is 313 g/mol. The van der Waals surface area contributed by atoms with Crippen molar-refractivity contribution in [3.63, 3.8) is 0 Å². The molecule has 0 bridgehead atoms. The summed E-state index contributed by atoms with van der Waals surface area (Å²) in [6, 6.07) is 10.8. The Bertz CT molecular complexity index is 800. The molecule has 0 aliphatic carbocycles. The number of carbonyl (C=O) groups is 1. The van der Waals surface area contributed by atoms with Crippen molar-refractivity contribution < 1.29 is 14.8 Å². The number of benzene rings is 2. The molecular weight excluding hydrogens is 298 g/mol. The number of carbonyl (C=O) groups excluding carboxylic acids is 1. The fourth-order valence-electron chi connectivity index (χ4n) is 1.99. The Hall–Kier alpha value is -3.22. The van der Waals surface area contributed by atoms with E-state index in [-0.39, 0.29) is 17.0 Å². The number of hydrogen-bond donors (Lipinski definition) is 2. The molecule has 2 aromatic rings. The highest BCUT2D eigenvalue weighted by Gasteiger charge is 2.15. The Morgan fingerprint density at radius 2 is 1.96 bits per heavy atom. The highest BCUT2D eigenvalue weighted by atomic mass is 16.6. The summed E-state index contributed by atoms with van der Waals surface area (Å²) in [7, 11) is 0. The number of phenols is 1. The van der Waals surface area contributed by atoms with E-state index in [9.17, 15) is 20.0 Å². The molecule has 1 amide bonds. The normalized spacial score (nSPS) is 11.1. The van der Waals surface area contributed by atoms with Gasteiger partial charge in [-0.25, -0.2) is 5.43 Å². The summed E-state index contributed by atoms with van der Waals surface area (Å²) in [5.74, 6) is -0.517. The Labute approximate surface area is 132 Å². The van der Waals surface area contributed by atoms with Crippen molar-refractivity contribution in [2.75, 3.05) is 0 Å². The molecule has 0 heterocycles. The van der Waals surface area contributed by atoms with Gasteiger partial charge in [0.1, 0.15) is 5.75 Å². The van der Waals surface area contributed by atoms with E-state index >= 15 is 0 Å². The first-order valence-electron chi connectivity index (χ1n) is 6.78. The van der Waals surface area contributed by atoms with Gasteiger partial charge in [0.05, 0.1) is 10.6 Å². The van der Waals surface area contributed by atoms with Crippen molar-refractivity contribution >= 4 is 17.3 Å². The molecule has 0 unspecified atom stereocenters. The topological polar surface area (TPSA) is 105 Å². The second-order valence-corrected chi connectivity index (χ2v) is 4.91. The Balaban J connectivity index is 2.20. The zero-order chi connectivity index (χ0) is 17.0. The lowest BCUT2D eigenvalue weighted by molar-refractivity contribution is -0.385. The summed E-state index contributed by atoms with van der Waals surface area (Å²) in [4.78, 5) is 22.4. The largest absolute Gasteiger partial charge is 0.507 e. The Morgan fingerprint density at radius 1 is 1.26 bits per heavy atom. The summed E-state index contributed by atoms with van der Waals surface area (Å²) < 4.78 is 0. The van der Waals surface area contributed by atoms with Crippen molar-refractivity contribution in [3.05, 3.63) is 69.3 Å². The number of rotatable bonds is 4. The van der Waals surface area contributed by atoms with Crippen molar-refractivity contribution in [2.24, 2.45) is 5.10 Å². The maximum atomic E-state index is 12.0. The van der Waals surface area contributed by atoms with Gasteiger partial charge in [-0.05, 0) is 32.0 Å². The number of hydrazone groups is 1. The molecule has 0 aromatic heterocycles. The molecule has 0 saturated carbocycles. The molecule has 7 nitrogen and oxygen atoms in total. The number of para-hydroxylation sites is 1. The maximum absolute atomic E-state index is 12.0. The third-order valence-corrected chi connectivity index (χ3v) is 3.29. The first kappa shape index (κ1) is 16.2. The van der Waals surface area contributed by atoms with Crippen LogP contribution in [0.15, 0.2) is 47.6 Å². The maximum Gasteiger partial charge on any atom is 0.273 e. The predicted octanol–water partition coefficient (Wildman–Crippen LogP) is 2.76. The van der Waals surface area contributed by atoms with E-state index in [1.807, 2.05) is 0 Å². The summed E-state index contributed by atoms with van der Waals surface area (Å²) in [6.45, 7) is 3.23. The number of phenolic OH excluding ortho intramolecular Hbond substituents is 1. The lowest BCUT2D eigenvalue weighted by atomic mass is 10.1. The average molecular weight is 313 g/mol. The lowest BCUT2D eigenvalue weighted by Crippen LogP contribution is -2.19. The van der Waals surface area contributed by atoms with Crippen LogP contribution in [0.5, 0.6) is 5.75 Å². The third kappa shape index (κ3) is 3.70. The molecular formula is C16H15N3O4. The number of nitro benzene ring substituents is 1. The summed E-state index contributed by atoms with van der Waals surface area (Å²) in [6.07, 6.45) is 0. The smallest absolute Gasteiger partial charge is 0.273 e. The number of nitrogens with one attached hydrogen (secondary N) is 1. The van der Waals surface area contributed by atoms with E-state index in [0.29, 0.717) is 16.8 Å². The van der Waals surface area contributed by atoms with Gasteiger partial charge in [0, 0.05) is 22.8 Å². The first-order chi connectivity index (χ1) is 10.9. The van der Waals surface area contributed by atoms with E-state index in [1.165, 1.54) is 24.3 Å². The van der Waals surface area contributed by atoms with Crippen LogP contribution in [-0.4, -0.2) is 21.6 Å². The molecule has 0 saturated heterocycles. The van der Waals surface area contributed by atoms with Gasteiger partial charge >= 0.3 is 0 Å². The van der Waals surface area contributed by atoms with Crippen molar-refractivity contribution in [2.45, 2.75) is 13.8 Å². The number of aromatic hydroxyl groups is 1. The number of nitrogens with zero attached hydrogens (tertiary/aromatic N) is 2. The molecule has 0 aliphatic rings. The van der Waals surface area contributed by atoms with Crippen LogP contribution >= 0.6 is 0 Å². The molecule has 23 heavy (non-hydrogen) atoms. The van der Waals surface area contributed by atoms with Crippen molar-refractivity contribution in [1.82, 2.24) is 5.43 Å². The standard InChI is InChI=1S/C16H15N3O4/c1-10-7-8-12(9-14(10)19(22)23)16(21)18-17-11(2)13-5-3-4-6-15(13)20/h3-9,20H,1-2H3,(H,18,21)/b17-11+. The molecule has 0 radical (unpaired) electrons. The second kappa shape index (κ2) is 6.69. The van der Waals surface area contributed by atoms with Crippen molar-refractivity contribution in [1.29, 1.82) is 0 Å². The number of aryl methyl sites for hydroxylation is 1. The molecule has 0 aliphatic heterocycles. The zero-order valence-corrected chi connectivity index (χ0v) is 12.6. The van der Waals surface area contributed by atoms with Crippen LogP contribution < -0.4 is 5.43 Å². The van der Waals surface area contributed by atoms with Crippen LogP contribution in [0.25, 0.3) is 0 Å². The molecule has 2 aromatic carbocycles. The molecule has 7 heteroatoms. The van der Waals surface area contributed by atoms with E-state index in [1.54, 1.807) is 32.0 Å². The van der Waals surface area contributed by atoms with Crippen LogP contribution in [0.1, 0.15) is 28.4 Å². The highest BCUT2D eigenvalue weighted by molar-refractivity contribution is 6.02. The zero-order valence-electron chi connectivity index (χ0n) is 12.6. The van der Waals surface area contributed by atoms with Crippen LogP contribution in [0.3, 0.4) is 0 Å². The van der Waals surface area contributed by atoms with Gasteiger partial charge in [0.15, 0.2) is 0 Å². The van der Waals surface area contributed by atoms with Crippen molar-refractivity contribution in [3.8, 4) is 5.75 Å². The molecule has 2 N–H and O–H groups in total. The quantitative estimate of drug-likeness (QED) is 0.514. The molecule has 0 atom stereocenters. The van der Waals surface area contributed by atoms with E-state index in [4.69, 9.17) is 0 Å². The van der Waals surface area contributed by atoms with Gasteiger partial charge < -0.3 is 5.11 Å². The van der Waals surface area contributed by atoms with Gasteiger partial charge in [-0.3, -0.25) is 14.9 Å². The summed E-state index contributed by atoms with van der Waals surface area (Å²) >= 11 is 0. The van der Waals surface area contributed by atoms with Gasteiger partial charge in [-0.15, -0.1) is 0 Å². The van der Waals surface area contributed by atoms with E-state index < -0.39 is 10.8 Å². The minimum Gasteiger partial charge on any atom is -0.507 e. The van der Waals surface area contributed by atoms with Crippen LogP contribution in [0.4, 0.5) is 5.69 Å². The second-order valence-electron chi connectivity index (χ2n) is 4.91. The highest BCUT2D eigenvalue weighted by Crippen LogP contribution is 2.19. The summed E-state index contributed by atoms with van der Waals surface area (Å²) in [5.41, 5.74) is 3.71. The number of hydrogen-bond acceptors (Lipinski definition) is 5. The van der Waals surface area contributed by atoms with Crippen LogP contribution in [-0.2, 0) is 0 Å². The number of amides is 1. The van der Waals surface area contributed by atoms with Gasteiger partial charge in [0.2, 0.25) is 0 Å². The molecule has 118 valence electrons. The predicted molar refractivity (Wildman–Crippen MR) is 85.6 cm³/mol. The van der Waals surface area contributed by atoms with Crippen LogP contribution in [0, 0.1) is 17.0 Å². The summed E-state index contributed by atoms with van der Waals surface area (Å²) in [5, 5.41) is 24.5. The average Bonchev–Trinajstić information content (AvgIpc) is 2.52. The lowest BCUT2D eigenvalue weighted by Gasteiger charge is -2.05. The van der Waals surface area contributed by atoms with Gasteiger partial charge in [0.25, 0.3) is 11.6 Å². The fraction of sp³-hybridized carbons (Fsp3) is 0.125. The third-order valence-electron chi connectivity index (χ3n) is 3.29. The molecule has 2 rings (SSSR count). The van der Waals surface area contributed by atoms with Gasteiger partial charge in [-0.2, -0.15) is 5.10 Å². The van der Waals surface area contributed by atoms with E-state index in [2.05, 4.69) is 10.5 Å². The minimum atomic E-state index is -0.567. The number of nitro groups is 1.